The summed E-state index contributed by atoms with van der Waals surface area (Å²) in [6, 6.07) is 19.4. The zero-order chi connectivity index (χ0) is 23.4. The Morgan fingerprint density at radius 3 is 2.48 bits per heavy atom. The summed E-state index contributed by atoms with van der Waals surface area (Å²) >= 11 is 0. The zero-order valence-corrected chi connectivity index (χ0v) is 18.4. The highest BCUT2D eigenvalue weighted by Crippen LogP contribution is 2.32. The molecule has 1 aliphatic rings. The molecule has 0 atom stereocenters. The maximum Gasteiger partial charge on any atom is 0.243 e. The Morgan fingerprint density at radius 1 is 1.12 bits per heavy atom. The van der Waals surface area contributed by atoms with Gasteiger partial charge in [0.25, 0.3) is 0 Å². The molecule has 2 N–H and O–H groups in total. The van der Waals surface area contributed by atoms with Gasteiger partial charge in [-0.15, -0.1) is 0 Å². The van der Waals surface area contributed by atoms with Crippen LogP contribution in [-0.2, 0) is 14.8 Å². The Hall–Kier alpha value is -4.00. The van der Waals surface area contributed by atoms with Crippen molar-refractivity contribution in [2.75, 3.05) is 18.4 Å². The fraction of sp³-hybridized carbons (Fsp3) is 0.125. The third-order valence-electron chi connectivity index (χ3n) is 5.25. The SMILES string of the molecule is C=CC(=O)NC1CN(S(=O)(=O)c2ccccc2-c2ccc(Nc3ccc(C#N)cn3)cc2)C1. The maximum absolute atomic E-state index is 13.2. The van der Waals surface area contributed by atoms with Gasteiger partial charge in [0, 0.05) is 30.5 Å². The lowest BCUT2D eigenvalue weighted by atomic mass is 10.1. The first-order chi connectivity index (χ1) is 15.9. The molecule has 0 saturated carbocycles. The molecular formula is C24H21N5O3S. The first-order valence-electron chi connectivity index (χ1n) is 10.2. The van der Waals surface area contributed by atoms with Crippen molar-refractivity contribution in [3.8, 4) is 17.2 Å². The van der Waals surface area contributed by atoms with Crippen LogP contribution in [-0.4, -0.2) is 42.7 Å². The van der Waals surface area contributed by atoms with E-state index in [2.05, 4.69) is 22.2 Å². The molecule has 2 aromatic carbocycles. The second-order valence-electron chi connectivity index (χ2n) is 7.47. The van der Waals surface area contributed by atoms with Crippen LogP contribution in [0.3, 0.4) is 0 Å². The number of anilines is 2. The van der Waals surface area contributed by atoms with Crippen LogP contribution in [0.1, 0.15) is 5.56 Å². The molecule has 9 heteroatoms. The van der Waals surface area contributed by atoms with Crippen LogP contribution >= 0.6 is 0 Å². The molecule has 1 saturated heterocycles. The standard InChI is InChI=1S/C24H21N5O3S/c1-2-24(30)28-20-15-29(16-20)33(31,32)22-6-4-3-5-21(22)18-8-10-19(11-9-18)27-23-12-7-17(13-25)14-26-23/h2-12,14,20H,1,15-16H2,(H,26,27)(H,28,30). The predicted octanol–water partition coefficient (Wildman–Crippen LogP) is 3.04. The number of carbonyl (C=O) groups excluding carboxylic acids is 1. The number of nitriles is 1. The molecule has 8 nitrogen and oxygen atoms in total. The van der Waals surface area contributed by atoms with Gasteiger partial charge in [-0.05, 0) is 42.0 Å². The van der Waals surface area contributed by atoms with Gasteiger partial charge in [0.2, 0.25) is 15.9 Å². The number of rotatable bonds is 7. The fourth-order valence-electron chi connectivity index (χ4n) is 3.47. The van der Waals surface area contributed by atoms with E-state index in [0.29, 0.717) is 16.9 Å². The lowest BCUT2D eigenvalue weighted by Crippen LogP contribution is -2.60. The minimum atomic E-state index is -3.72. The molecule has 0 spiro atoms. The van der Waals surface area contributed by atoms with E-state index in [1.54, 1.807) is 36.4 Å². The van der Waals surface area contributed by atoms with Crippen LogP contribution in [0.15, 0.2) is 84.4 Å². The summed E-state index contributed by atoms with van der Waals surface area (Å²) in [6.45, 7) is 3.84. The second kappa shape index (κ2) is 9.24. The quantitative estimate of drug-likeness (QED) is 0.525. The fourth-order valence-corrected chi connectivity index (χ4v) is 5.21. The number of nitrogens with zero attached hydrogens (tertiary/aromatic N) is 3. The molecule has 0 bridgehead atoms. The summed E-state index contributed by atoms with van der Waals surface area (Å²) in [6.07, 6.45) is 2.66. The third-order valence-corrected chi connectivity index (χ3v) is 7.14. The third kappa shape index (κ3) is 4.77. The van der Waals surface area contributed by atoms with Crippen molar-refractivity contribution in [1.29, 1.82) is 5.26 Å². The number of carbonyl (C=O) groups is 1. The van der Waals surface area contributed by atoms with Crippen molar-refractivity contribution >= 4 is 27.4 Å². The Kier molecular flexibility index (Phi) is 6.22. The molecule has 1 aliphatic heterocycles. The van der Waals surface area contributed by atoms with Gasteiger partial charge in [-0.2, -0.15) is 9.57 Å². The Morgan fingerprint density at radius 2 is 1.85 bits per heavy atom. The van der Waals surface area contributed by atoms with Crippen LogP contribution in [0.4, 0.5) is 11.5 Å². The smallest absolute Gasteiger partial charge is 0.243 e. The van der Waals surface area contributed by atoms with Gasteiger partial charge in [-0.3, -0.25) is 4.79 Å². The summed E-state index contributed by atoms with van der Waals surface area (Å²) in [5.41, 5.74) is 2.61. The molecule has 3 aromatic rings. The number of hydrogen-bond acceptors (Lipinski definition) is 6. The van der Waals surface area contributed by atoms with E-state index < -0.39 is 10.0 Å². The monoisotopic (exact) mass is 459 g/mol. The molecule has 33 heavy (non-hydrogen) atoms. The Balaban J connectivity index is 1.52. The maximum atomic E-state index is 13.2. The lowest BCUT2D eigenvalue weighted by Gasteiger charge is -2.38. The van der Waals surface area contributed by atoms with E-state index in [-0.39, 0.29) is 29.9 Å². The average molecular weight is 460 g/mol. The van der Waals surface area contributed by atoms with Crippen LogP contribution in [0, 0.1) is 11.3 Å². The summed E-state index contributed by atoms with van der Waals surface area (Å²) in [4.78, 5) is 15.8. The van der Waals surface area contributed by atoms with Crippen molar-refractivity contribution < 1.29 is 13.2 Å². The molecule has 4 rings (SSSR count). The highest BCUT2D eigenvalue weighted by Gasteiger charge is 2.38. The van der Waals surface area contributed by atoms with Crippen molar-refractivity contribution in [2.24, 2.45) is 0 Å². The topological polar surface area (TPSA) is 115 Å². The largest absolute Gasteiger partial charge is 0.347 e. The van der Waals surface area contributed by atoms with Crippen molar-refractivity contribution in [2.45, 2.75) is 10.9 Å². The van der Waals surface area contributed by atoms with Crippen molar-refractivity contribution in [3.63, 3.8) is 0 Å². The molecule has 1 aromatic heterocycles. The van der Waals surface area contributed by atoms with Gasteiger partial charge in [0.1, 0.15) is 11.9 Å². The highest BCUT2D eigenvalue weighted by atomic mass is 32.2. The van der Waals surface area contributed by atoms with Gasteiger partial charge < -0.3 is 10.6 Å². The number of benzene rings is 2. The van der Waals surface area contributed by atoms with Gasteiger partial charge in [0.05, 0.1) is 16.5 Å². The van der Waals surface area contributed by atoms with Gasteiger partial charge in [-0.25, -0.2) is 13.4 Å². The molecule has 2 heterocycles. The lowest BCUT2D eigenvalue weighted by molar-refractivity contribution is -0.117. The van der Waals surface area contributed by atoms with Crippen molar-refractivity contribution in [1.82, 2.24) is 14.6 Å². The first-order valence-corrected chi connectivity index (χ1v) is 11.6. The normalized spacial score (nSPS) is 14.0. The summed E-state index contributed by atoms with van der Waals surface area (Å²) in [5.74, 6) is 0.281. The number of sulfonamides is 1. The number of amides is 1. The van der Waals surface area contributed by atoms with E-state index in [4.69, 9.17) is 5.26 Å². The van der Waals surface area contributed by atoms with E-state index in [1.165, 1.54) is 16.6 Å². The van der Waals surface area contributed by atoms with Gasteiger partial charge >= 0.3 is 0 Å². The summed E-state index contributed by atoms with van der Waals surface area (Å²) in [7, 11) is -3.72. The predicted molar refractivity (Wildman–Crippen MR) is 125 cm³/mol. The molecular weight excluding hydrogens is 438 g/mol. The summed E-state index contributed by atoms with van der Waals surface area (Å²) < 4.78 is 27.8. The highest BCUT2D eigenvalue weighted by molar-refractivity contribution is 7.89. The molecule has 1 fully saturated rings. The Bertz CT molecular complexity index is 1320. The van der Waals surface area contributed by atoms with Gasteiger partial charge in [0.15, 0.2) is 0 Å². The van der Waals surface area contributed by atoms with E-state index in [0.717, 1.165) is 11.3 Å². The van der Waals surface area contributed by atoms with Crippen molar-refractivity contribution in [3.05, 3.63) is 85.1 Å². The first kappa shape index (κ1) is 22.2. The number of hydrogen-bond donors (Lipinski definition) is 2. The Labute approximate surface area is 192 Å². The minimum absolute atomic E-state index is 0.216. The van der Waals surface area contributed by atoms with Gasteiger partial charge in [-0.1, -0.05) is 36.9 Å². The number of pyridine rings is 1. The van der Waals surface area contributed by atoms with Crippen LogP contribution < -0.4 is 10.6 Å². The summed E-state index contributed by atoms with van der Waals surface area (Å²) in [5, 5.41) is 14.7. The molecule has 1 amide bonds. The van der Waals surface area contributed by atoms with E-state index >= 15 is 0 Å². The van der Waals surface area contributed by atoms with E-state index in [9.17, 15) is 13.2 Å². The zero-order valence-electron chi connectivity index (χ0n) is 17.6. The number of aromatic nitrogens is 1. The molecule has 0 radical (unpaired) electrons. The van der Waals surface area contributed by atoms with Crippen LogP contribution in [0.25, 0.3) is 11.1 Å². The number of nitrogens with one attached hydrogen (secondary N) is 2. The molecule has 166 valence electrons. The van der Waals surface area contributed by atoms with Crippen LogP contribution in [0.2, 0.25) is 0 Å². The molecule has 0 unspecified atom stereocenters. The molecule has 0 aliphatic carbocycles. The minimum Gasteiger partial charge on any atom is -0.347 e. The van der Waals surface area contributed by atoms with E-state index in [1.807, 2.05) is 30.3 Å². The second-order valence-corrected chi connectivity index (χ2v) is 9.38. The van der Waals surface area contributed by atoms with Crippen LogP contribution in [0.5, 0.6) is 0 Å². The average Bonchev–Trinajstić information content (AvgIpc) is 2.81.